The number of halogens is 2. The highest BCUT2D eigenvalue weighted by Gasteiger charge is 2.10. The van der Waals surface area contributed by atoms with E-state index < -0.39 is 0 Å². The first-order valence-electron chi connectivity index (χ1n) is 5.37. The predicted molar refractivity (Wildman–Crippen MR) is 71.7 cm³/mol. The zero-order chi connectivity index (χ0) is 12.8. The molecular weight excluding hydrogens is 259 g/mol. The van der Waals surface area contributed by atoms with Crippen LogP contribution in [-0.2, 0) is 11.2 Å². The van der Waals surface area contributed by atoms with E-state index in [4.69, 9.17) is 23.2 Å². The second kappa shape index (κ2) is 6.84. The highest BCUT2D eigenvalue weighted by Crippen LogP contribution is 2.22. The van der Waals surface area contributed by atoms with Gasteiger partial charge < -0.3 is 10.2 Å². The zero-order valence-electron chi connectivity index (χ0n) is 9.96. The second-order valence-electron chi connectivity index (χ2n) is 3.84. The molecule has 0 saturated heterocycles. The Bertz CT molecular complexity index is 396. The Kier molecular flexibility index (Phi) is 5.75. The van der Waals surface area contributed by atoms with E-state index in [-0.39, 0.29) is 5.91 Å². The lowest BCUT2D eigenvalue weighted by molar-refractivity contribution is -0.129. The molecular formula is C12H16Cl2N2O. The molecule has 0 bridgehead atoms. The highest BCUT2D eigenvalue weighted by molar-refractivity contribution is 6.42. The fourth-order valence-corrected chi connectivity index (χ4v) is 1.68. The molecule has 0 fully saturated rings. The van der Waals surface area contributed by atoms with Gasteiger partial charge in [0.25, 0.3) is 0 Å². The van der Waals surface area contributed by atoms with Gasteiger partial charge in [0.1, 0.15) is 0 Å². The van der Waals surface area contributed by atoms with E-state index in [0.29, 0.717) is 23.0 Å². The molecule has 0 aromatic heterocycles. The molecule has 1 aromatic rings. The summed E-state index contributed by atoms with van der Waals surface area (Å²) in [4.78, 5) is 13.5. The average Bonchev–Trinajstić information content (AvgIpc) is 2.30. The number of rotatable bonds is 5. The number of benzene rings is 1. The summed E-state index contributed by atoms with van der Waals surface area (Å²) in [6.45, 7) is 1.47. The molecule has 3 nitrogen and oxygen atoms in total. The summed E-state index contributed by atoms with van der Waals surface area (Å²) in [5.41, 5.74) is 0.876. The molecule has 0 heterocycles. The largest absolute Gasteiger partial charge is 0.344 e. The quantitative estimate of drug-likeness (QED) is 0.893. The highest BCUT2D eigenvalue weighted by atomic mass is 35.5. The molecule has 1 N–H and O–H groups in total. The second-order valence-corrected chi connectivity index (χ2v) is 4.66. The first-order chi connectivity index (χ1) is 8.04. The Hall–Kier alpha value is -0.770. The van der Waals surface area contributed by atoms with E-state index in [0.717, 1.165) is 12.1 Å². The minimum atomic E-state index is 0.0682. The first kappa shape index (κ1) is 14.3. The molecule has 0 saturated carbocycles. The fraction of sp³-hybridized carbons (Fsp3) is 0.417. The Balaban J connectivity index is 2.58. The van der Waals surface area contributed by atoms with Crippen molar-refractivity contribution < 1.29 is 4.79 Å². The number of hydrogen-bond acceptors (Lipinski definition) is 2. The molecule has 1 rings (SSSR count). The Morgan fingerprint density at radius 2 is 2.06 bits per heavy atom. The summed E-state index contributed by atoms with van der Waals surface area (Å²) in [6, 6.07) is 5.26. The average molecular weight is 275 g/mol. The standard InChI is InChI=1S/C12H16Cl2N2O/c1-15-5-6-16(2)12(17)8-9-3-4-10(13)11(14)7-9/h3-4,7,15H,5-6,8H2,1-2H3. The van der Waals surface area contributed by atoms with Crippen LogP contribution >= 0.6 is 23.2 Å². The van der Waals surface area contributed by atoms with Crippen LogP contribution in [0.5, 0.6) is 0 Å². The van der Waals surface area contributed by atoms with Crippen molar-refractivity contribution in [3.63, 3.8) is 0 Å². The molecule has 1 amide bonds. The summed E-state index contributed by atoms with van der Waals surface area (Å²) >= 11 is 11.7. The Labute approximate surface area is 112 Å². The van der Waals surface area contributed by atoms with Crippen molar-refractivity contribution >= 4 is 29.1 Å². The summed E-state index contributed by atoms with van der Waals surface area (Å²) in [5.74, 6) is 0.0682. The number of amides is 1. The number of likely N-dealkylation sites (N-methyl/N-ethyl adjacent to an activating group) is 2. The minimum Gasteiger partial charge on any atom is -0.344 e. The first-order valence-corrected chi connectivity index (χ1v) is 6.12. The topological polar surface area (TPSA) is 32.3 Å². The van der Waals surface area contributed by atoms with Crippen LogP contribution in [0.4, 0.5) is 0 Å². The lowest BCUT2D eigenvalue weighted by Gasteiger charge is -2.17. The van der Waals surface area contributed by atoms with Gasteiger partial charge in [0.2, 0.25) is 5.91 Å². The molecule has 1 aromatic carbocycles. The van der Waals surface area contributed by atoms with Crippen LogP contribution < -0.4 is 5.32 Å². The van der Waals surface area contributed by atoms with Gasteiger partial charge in [-0.3, -0.25) is 4.79 Å². The van der Waals surface area contributed by atoms with Gasteiger partial charge >= 0.3 is 0 Å². The van der Waals surface area contributed by atoms with Crippen molar-refractivity contribution in [3.8, 4) is 0 Å². The number of carbonyl (C=O) groups is 1. The van der Waals surface area contributed by atoms with Gasteiger partial charge in [-0.15, -0.1) is 0 Å². The van der Waals surface area contributed by atoms with E-state index in [9.17, 15) is 4.79 Å². The SMILES string of the molecule is CNCCN(C)C(=O)Cc1ccc(Cl)c(Cl)c1. The maximum Gasteiger partial charge on any atom is 0.226 e. The van der Waals surface area contributed by atoms with Crippen molar-refractivity contribution in [3.05, 3.63) is 33.8 Å². The maximum atomic E-state index is 11.8. The molecule has 0 aliphatic heterocycles. The van der Waals surface area contributed by atoms with E-state index in [1.165, 1.54) is 0 Å². The van der Waals surface area contributed by atoms with Crippen molar-refractivity contribution in [2.45, 2.75) is 6.42 Å². The zero-order valence-corrected chi connectivity index (χ0v) is 11.5. The van der Waals surface area contributed by atoms with Gasteiger partial charge in [0.05, 0.1) is 16.5 Å². The fourth-order valence-electron chi connectivity index (χ4n) is 1.36. The van der Waals surface area contributed by atoms with Crippen LogP contribution in [0.15, 0.2) is 18.2 Å². The van der Waals surface area contributed by atoms with Gasteiger partial charge in [-0.1, -0.05) is 29.3 Å². The van der Waals surface area contributed by atoms with Crippen LogP contribution in [0.1, 0.15) is 5.56 Å². The van der Waals surface area contributed by atoms with Crippen LogP contribution in [0, 0.1) is 0 Å². The van der Waals surface area contributed by atoms with Crippen molar-refractivity contribution in [1.29, 1.82) is 0 Å². The predicted octanol–water partition coefficient (Wildman–Crippen LogP) is 2.21. The van der Waals surface area contributed by atoms with E-state index in [1.807, 2.05) is 13.1 Å². The van der Waals surface area contributed by atoms with Crippen LogP contribution in [0.3, 0.4) is 0 Å². The summed E-state index contributed by atoms with van der Waals surface area (Å²) in [7, 11) is 3.65. The van der Waals surface area contributed by atoms with Gasteiger partial charge in [-0.25, -0.2) is 0 Å². The van der Waals surface area contributed by atoms with Crippen molar-refractivity contribution in [2.75, 3.05) is 27.2 Å². The smallest absolute Gasteiger partial charge is 0.226 e. The number of nitrogens with zero attached hydrogens (tertiary/aromatic N) is 1. The molecule has 0 aliphatic carbocycles. The molecule has 0 aliphatic rings. The lowest BCUT2D eigenvalue weighted by Crippen LogP contribution is -2.33. The van der Waals surface area contributed by atoms with E-state index >= 15 is 0 Å². The van der Waals surface area contributed by atoms with Crippen LogP contribution in [0.25, 0.3) is 0 Å². The molecule has 0 radical (unpaired) electrons. The molecule has 94 valence electrons. The van der Waals surface area contributed by atoms with E-state index in [1.54, 1.807) is 24.1 Å². The monoisotopic (exact) mass is 274 g/mol. The van der Waals surface area contributed by atoms with Crippen LogP contribution in [-0.4, -0.2) is 38.0 Å². The lowest BCUT2D eigenvalue weighted by atomic mass is 10.1. The van der Waals surface area contributed by atoms with Gasteiger partial charge in [-0.2, -0.15) is 0 Å². The van der Waals surface area contributed by atoms with Crippen molar-refractivity contribution in [2.24, 2.45) is 0 Å². The Morgan fingerprint density at radius 1 is 1.35 bits per heavy atom. The Morgan fingerprint density at radius 3 is 2.65 bits per heavy atom. The third-order valence-electron chi connectivity index (χ3n) is 2.46. The number of nitrogens with one attached hydrogen (secondary N) is 1. The van der Waals surface area contributed by atoms with Gasteiger partial charge in [0.15, 0.2) is 0 Å². The third-order valence-corrected chi connectivity index (χ3v) is 3.20. The maximum absolute atomic E-state index is 11.8. The van der Waals surface area contributed by atoms with Gasteiger partial charge in [0, 0.05) is 20.1 Å². The molecule has 0 atom stereocenters. The molecule has 5 heteroatoms. The molecule has 0 spiro atoms. The summed E-state index contributed by atoms with van der Waals surface area (Å²) in [5, 5.41) is 3.99. The van der Waals surface area contributed by atoms with Crippen molar-refractivity contribution in [1.82, 2.24) is 10.2 Å². The van der Waals surface area contributed by atoms with Gasteiger partial charge in [-0.05, 0) is 24.7 Å². The number of hydrogen-bond donors (Lipinski definition) is 1. The minimum absolute atomic E-state index is 0.0682. The normalized spacial score (nSPS) is 10.4. The third kappa shape index (κ3) is 4.54. The van der Waals surface area contributed by atoms with E-state index in [2.05, 4.69) is 5.32 Å². The summed E-state index contributed by atoms with van der Waals surface area (Å²) in [6.07, 6.45) is 0.344. The number of carbonyl (C=O) groups excluding carboxylic acids is 1. The molecule has 17 heavy (non-hydrogen) atoms. The summed E-state index contributed by atoms with van der Waals surface area (Å²) < 4.78 is 0. The van der Waals surface area contributed by atoms with Crippen LogP contribution in [0.2, 0.25) is 10.0 Å². The molecule has 0 unspecified atom stereocenters.